The van der Waals surface area contributed by atoms with Crippen molar-refractivity contribution in [1.29, 1.82) is 0 Å². The second kappa shape index (κ2) is 4.63. The molecule has 0 radical (unpaired) electrons. The van der Waals surface area contributed by atoms with Crippen molar-refractivity contribution in [2.24, 2.45) is 0 Å². The van der Waals surface area contributed by atoms with Gasteiger partial charge in [0, 0.05) is 24.2 Å². The first-order valence-electron chi connectivity index (χ1n) is 6.28. The molecule has 0 saturated carbocycles. The second-order valence-corrected chi connectivity index (χ2v) is 5.21. The van der Waals surface area contributed by atoms with Crippen LogP contribution in [0, 0.1) is 0 Å². The van der Waals surface area contributed by atoms with E-state index in [0.717, 1.165) is 24.2 Å². The number of nitrogens with one attached hydrogen (secondary N) is 2. The zero-order chi connectivity index (χ0) is 9.97. The molecule has 2 heterocycles. The molecule has 82 valence electrons. The zero-order valence-corrected chi connectivity index (χ0v) is 9.55. The highest BCUT2D eigenvalue weighted by Crippen LogP contribution is 2.21. The van der Waals surface area contributed by atoms with Crippen molar-refractivity contribution < 1.29 is 0 Å². The minimum absolute atomic E-state index is 0.729. The Morgan fingerprint density at radius 2 is 1.14 bits per heavy atom. The number of hydrogen-bond acceptors (Lipinski definition) is 2. The van der Waals surface area contributed by atoms with Crippen molar-refractivity contribution >= 4 is 0 Å². The van der Waals surface area contributed by atoms with Crippen LogP contribution in [0.1, 0.15) is 52.4 Å². The second-order valence-electron chi connectivity index (χ2n) is 5.21. The molecule has 4 unspecified atom stereocenters. The highest BCUT2D eigenvalue weighted by molar-refractivity contribution is 4.91. The molecule has 0 aromatic carbocycles. The number of hydrogen-bond donors (Lipinski definition) is 2. The van der Waals surface area contributed by atoms with Gasteiger partial charge in [0.2, 0.25) is 0 Å². The summed E-state index contributed by atoms with van der Waals surface area (Å²) < 4.78 is 0. The molecule has 2 rings (SSSR count). The molecule has 0 aromatic rings. The van der Waals surface area contributed by atoms with Crippen molar-refractivity contribution in [3.05, 3.63) is 0 Å². The van der Waals surface area contributed by atoms with E-state index in [-0.39, 0.29) is 0 Å². The maximum atomic E-state index is 3.74. The van der Waals surface area contributed by atoms with Gasteiger partial charge in [-0.2, -0.15) is 0 Å². The Labute approximate surface area is 87.8 Å². The fourth-order valence-electron chi connectivity index (χ4n) is 2.99. The number of rotatable bonds is 1. The van der Waals surface area contributed by atoms with Gasteiger partial charge < -0.3 is 10.6 Å². The fourth-order valence-corrected chi connectivity index (χ4v) is 2.99. The standard InChI is InChI=1S/C12H24N2/c1-9-5-3-7-11(13-9)12-8-4-6-10(2)14-12/h9-14H,3-8H2,1-2H3. The Morgan fingerprint density at radius 1 is 0.714 bits per heavy atom. The lowest BCUT2D eigenvalue weighted by Crippen LogP contribution is -2.56. The Balaban J connectivity index is 1.86. The third kappa shape index (κ3) is 2.48. The summed E-state index contributed by atoms with van der Waals surface area (Å²) in [6.45, 7) is 4.64. The van der Waals surface area contributed by atoms with Crippen LogP contribution in [-0.4, -0.2) is 24.2 Å². The molecule has 2 heteroatoms. The van der Waals surface area contributed by atoms with E-state index in [1.807, 2.05) is 0 Å². The van der Waals surface area contributed by atoms with Crippen LogP contribution in [0.25, 0.3) is 0 Å². The van der Waals surface area contributed by atoms with E-state index in [1.54, 1.807) is 0 Å². The monoisotopic (exact) mass is 196 g/mol. The van der Waals surface area contributed by atoms with Gasteiger partial charge in [-0.15, -0.1) is 0 Å². The average Bonchev–Trinajstić information content (AvgIpc) is 2.18. The molecule has 2 N–H and O–H groups in total. The lowest BCUT2D eigenvalue weighted by atomic mass is 9.88. The van der Waals surface area contributed by atoms with Crippen LogP contribution in [0.3, 0.4) is 0 Å². The van der Waals surface area contributed by atoms with Crippen LogP contribution >= 0.6 is 0 Å². The van der Waals surface area contributed by atoms with Gasteiger partial charge in [-0.25, -0.2) is 0 Å². The van der Waals surface area contributed by atoms with E-state index in [4.69, 9.17) is 0 Å². The molecule has 2 fully saturated rings. The van der Waals surface area contributed by atoms with Gasteiger partial charge in [0.15, 0.2) is 0 Å². The van der Waals surface area contributed by atoms with E-state index < -0.39 is 0 Å². The summed E-state index contributed by atoms with van der Waals surface area (Å²) in [5, 5.41) is 7.49. The molecular weight excluding hydrogens is 172 g/mol. The third-order valence-electron chi connectivity index (χ3n) is 3.79. The Kier molecular flexibility index (Phi) is 3.45. The van der Waals surface area contributed by atoms with Crippen molar-refractivity contribution in [3.8, 4) is 0 Å². The summed E-state index contributed by atoms with van der Waals surface area (Å²) in [6, 6.07) is 2.93. The first-order chi connectivity index (χ1) is 6.75. The zero-order valence-electron chi connectivity index (χ0n) is 9.55. The summed E-state index contributed by atoms with van der Waals surface area (Å²) in [5.74, 6) is 0. The molecule has 0 aromatic heterocycles. The smallest absolute Gasteiger partial charge is 0.0223 e. The van der Waals surface area contributed by atoms with E-state index >= 15 is 0 Å². The van der Waals surface area contributed by atoms with E-state index in [1.165, 1.54) is 38.5 Å². The first-order valence-corrected chi connectivity index (χ1v) is 6.28. The summed E-state index contributed by atoms with van der Waals surface area (Å²) >= 11 is 0. The van der Waals surface area contributed by atoms with Crippen LogP contribution in [0.15, 0.2) is 0 Å². The van der Waals surface area contributed by atoms with Crippen molar-refractivity contribution in [1.82, 2.24) is 10.6 Å². The predicted molar refractivity (Wildman–Crippen MR) is 60.5 cm³/mol. The van der Waals surface area contributed by atoms with Crippen LogP contribution in [0.5, 0.6) is 0 Å². The molecule has 2 aliphatic rings. The Bertz CT molecular complexity index is 161. The molecular formula is C12H24N2. The van der Waals surface area contributed by atoms with E-state index in [0.29, 0.717) is 0 Å². The quantitative estimate of drug-likeness (QED) is 0.670. The van der Waals surface area contributed by atoms with E-state index in [9.17, 15) is 0 Å². The highest BCUT2D eigenvalue weighted by Gasteiger charge is 2.28. The van der Waals surface area contributed by atoms with Gasteiger partial charge in [-0.05, 0) is 39.5 Å². The minimum Gasteiger partial charge on any atom is -0.310 e. The van der Waals surface area contributed by atoms with Crippen molar-refractivity contribution in [2.45, 2.75) is 76.5 Å². The third-order valence-corrected chi connectivity index (χ3v) is 3.79. The molecule has 2 aliphatic heterocycles. The summed E-state index contributed by atoms with van der Waals surface area (Å²) in [4.78, 5) is 0. The molecule has 2 saturated heterocycles. The first kappa shape index (κ1) is 10.4. The van der Waals surface area contributed by atoms with Crippen LogP contribution in [0.2, 0.25) is 0 Å². The largest absolute Gasteiger partial charge is 0.310 e. The Morgan fingerprint density at radius 3 is 1.50 bits per heavy atom. The predicted octanol–water partition coefficient (Wildman–Crippen LogP) is 2.05. The topological polar surface area (TPSA) is 24.1 Å². The van der Waals surface area contributed by atoms with Crippen molar-refractivity contribution in [2.75, 3.05) is 0 Å². The molecule has 14 heavy (non-hydrogen) atoms. The molecule has 2 nitrogen and oxygen atoms in total. The summed E-state index contributed by atoms with van der Waals surface area (Å²) in [6.07, 6.45) is 8.28. The minimum atomic E-state index is 0.729. The molecule has 0 spiro atoms. The maximum Gasteiger partial charge on any atom is 0.0223 e. The van der Waals surface area contributed by atoms with Gasteiger partial charge in [0.05, 0.1) is 0 Å². The average molecular weight is 196 g/mol. The molecule has 0 aliphatic carbocycles. The number of piperidine rings is 2. The summed E-state index contributed by atoms with van der Waals surface area (Å²) in [5.41, 5.74) is 0. The van der Waals surface area contributed by atoms with Crippen molar-refractivity contribution in [3.63, 3.8) is 0 Å². The van der Waals surface area contributed by atoms with Gasteiger partial charge in [-0.1, -0.05) is 12.8 Å². The lowest BCUT2D eigenvalue weighted by molar-refractivity contribution is 0.221. The summed E-state index contributed by atoms with van der Waals surface area (Å²) in [7, 11) is 0. The Hall–Kier alpha value is -0.0800. The van der Waals surface area contributed by atoms with Gasteiger partial charge in [0.25, 0.3) is 0 Å². The molecule has 0 bridgehead atoms. The van der Waals surface area contributed by atoms with Crippen LogP contribution in [-0.2, 0) is 0 Å². The highest BCUT2D eigenvalue weighted by atomic mass is 15.1. The van der Waals surface area contributed by atoms with Crippen LogP contribution < -0.4 is 10.6 Å². The SMILES string of the molecule is CC1CCCC(C2CCCC(C)N2)N1. The van der Waals surface area contributed by atoms with Crippen LogP contribution in [0.4, 0.5) is 0 Å². The van der Waals surface area contributed by atoms with Gasteiger partial charge in [0.1, 0.15) is 0 Å². The lowest BCUT2D eigenvalue weighted by Gasteiger charge is -2.39. The molecule has 4 atom stereocenters. The van der Waals surface area contributed by atoms with E-state index in [2.05, 4.69) is 24.5 Å². The molecule has 0 amide bonds. The maximum absolute atomic E-state index is 3.74. The fraction of sp³-hybridized carbons (Fsp3) is 1.00. The van der Waals surface area contributed by atoms with Gasteiger partial charge >= 0.3 is 0 Å². The van der Waals surface area contributed by atoms with Gasteiger partial charge in [-0.3, -0.25) is 0 Å². The normalized spacial score (nSPS) is 45.0.